The summed E-state index contributed by atoms with van der Waals surface area (Å²) in [6.07, 6.45) is 9.29. The molecule has 0 aromatic rings. The van der Waals surface area contributed by atoms with Crippen LogP contribution in [0.1, 0.15) is 78.1 Å². The second-order valence-electron chi connectivity index (χ2n) is 8.16. The molecule has 1 heterocycles. The lowest BCUT2D eigenvalue weighted by Gasteiger charge is -2.26. The molecule has 142 valence electrons. The zero-order valence-electron chi connectivity index (χ0n) is 15.5. The van der Waals surface area contributed by atoms with Crippen LogP contribution >= 0.6 is 0 Å². The highest BCUT2D eigenvalue weighted by Crippen LogP contribution is 2.29. The molecule has 0 radical (unpaired) electrons. The van der Waals surface area contributed by atoms with Crippen LogP contribution in [0.5, 0.6) is 0 Å². The van der Waals surface area contributed by atoms with E-state index in [2.05, 4.69) is 10.6 Å². The van der Waals surface area contributed by atoms with E-state index in [-0.39, 0.29) is 23.9 Å². The molecule has 0 aromatic heterocycles. The lowest BCUT2D eigenvalue weighted by Crippen LogP contribution is -2.52. The number of rotatable bonds is 4. The Bertz CT molecular complexity index is 440. The number of hydrogen-bond donors (Lipinski definition) is 2. The fraction of sp³-hybridized carbons (Fsp3) is 0.895. The Morgan fingerprint density at radius 2 is 1.08 bits per heavy atom. The summed E-state index contributed by atoms with van der Waals surface area (Å²) in [5, 5.41) is 6.13. The quantitative estimate of drug-likeness (QED) is 0.814. The third-order valence-corrected chi connectivity index (χ3v) is 5.52. The van der Waals surface area contributed by atoms with Gasteiger partial charge in [0.2, 0.25) is 0 Å². The second kappa shape index (κ2) is 8.04. The molecule has 1 aliphatic heterocycles. The van der Waals surface area contributed by atoms with Crippen molar-refractivity contribution >= 4 is 11.8 Å². The summed E-state index contributed by atoms with van der Waals surface area (Å²) in [5.74, 6) is -1.37. The normalized spacial score (nSPS) is 30.8. The molecule has 2 aliphatic carbocycles. The van der Waals surface area contributed by atoms with E-state index in [0.29, 0.717) is 0 Å². The van der Waals surface area contributed by atoms with Crippen molar-refractivity contribution < 1.29 is 19.1 Å². The smallest absolute Gasteiger partial charge is 0.252 e. The molecule has 2 amide bonds. The van der Waals surface area contributed by atoms with Crippen molar-refractivity contribution in [1.29, 1.82) is 0 Å². The number of amides is 2. The Labute approximate surface area is 150 Å². The number of ether oxygens (including phenoxy) is 2. The first kappa shape index (κ1) is 18.6. The third kappa shape index (κ3) is 4.94. The summed E-state index contributed by atoms with van der Waals surface area (Å²) in [5.41, 5.74) is 0. The van der Waals surface area contributed by atoms with Crippen LogP contribution in [0.2, 0.25) is 0 Å². The lowest BCUT2D eigenvalue weighted by atomic mass is 9.94. The summed E-state index contributed by atoms with van der Waals surface area (Å²) >= 11 is 0. The van der Waals surface area contributed by atoms with Gasteiger partial charge in [-0.1, -0.05) is 38.5 Å². The van der Waals surface area contributed by atoms with Gasteiger partial charge in [0.25, 0.3) is 11.8 Å². The Kier molecular flexibility index (Phi) is 6.00. The van der Waals surface area contributed by atoms with Gasteiger partial charge in [0.15, 0.2) is 18.0 Å². The first-order chi connectivity index (χ1) is 11.9. The van der Waals surface area contributed by atoms with Crippen molar-refractivity contribution in [2.24, 2.45) is 0 Å². The highest BCUT2D eigenvalue weighted by atomic mass is 16.8. The molecule has 2 N–H and O–H groups in total. The van der Waals surface area contributed by atoms with Crippen molar-refractivity contribution in [3.63, 3.8) is 0 Å². The predicted octanol–water partition coefficient (Wildman–Crippen LogP) is 2.40. The maximum absolute atomic E-state index is 12.7. The maximum Gasteiger partial charge on any atom is 0.252 e. The zero-order chi connectivity index (χ0) is 17.9. The Morgan fingerprint density at radius 1 is 0.720 bits per heavy atom. The molecular formula is C19H32N2O4. The van der Waals surface area contributed by atoms with E-state index in [1.54, 1.807) is 13.8 Å². The minimum absolute atomic E-state index is 0.190. The van der Waals surface area contributed by atoms with Crippen LogP contribution in [-0.4, -0.2) is 41.9 Å². The summed E-state index contributed by atoms with van der Waals surface area (Å²) in [6, 6.07) is 0.381. The second-order valence-corrected chi connectivity index (χ2v) is 8.16. The van der Waals surface area contributed by atoms with Gasteiger partial charge in [-0.05, 0) is 39.5 Å². The van der Waals surface area contributed by atoms with Gasteiger partial charge in [-0.3, -0.25) is 9.59 Å². The van der Waals surface area contributed by atoms with E-state index >= 15 is 0 Å². The zero-order valence-corrected chi connectivity index (χ0v) is 15.5. The van der Waals surface area contributed by atoms with Gasteiger partial charge < -0.3 is 20.1 Å². The van der Waals surface area contributed by atoms with Crippen molar-refractivity contribution in [3.05, 3.63) is 0 Å². The van der Waals surface area contributed by atoms with Crippen LogP contribution < -0.4 is 10.6 Å². The van der Waals surface area contributed by atoms with Gasteiger partial charge in [-0.25, -0.2) is 0 Å². The average Bonchev–Trinajstić information content (AvgIpc) is 2.93. The Morgan fingerprint density at radius 3 is 1.44 bits per heavy atom. The molecule has 0 aromatic carbocycles. The van der Waals surface area contributed by atoms with E-state index < -0.39 is 18.0 Å². The van der Waals surface area contributed by atoms with E-state index in [1.165, 1.54) is 12.8 Å². The molecule has 6 nitrogen and oxygen atoms in total. The molecule has 0 bridgehead atoms. The van der Waals surface area contributed by atoms with Crippen LogP contribution in [0.15, 0.2) is 0 Å². The molecular weight excluding hydrogens is 320 g/mol. The molecule has 2 atom stereocenters. The summed E-state index contributed by atoms with van der Waals surface area (Å²) in [6.45, 7) is 3.50. The van der Waals surface area contributed by atoms with Crippen molar-refractivity contribution in [3.8, 4) is 0 Å². The first-order valence-corrected chi connectivity index (χ1v) is 9.91. The Hall–Kier alpha value is -1.14. The van der Waals surface area contributed by atoms with Gasteiger partial charge in [0.1, 0.15) is 0 Å². The van der Waals surface area contributed by atoms with Crippen LogP contribution in [0.4, 0.5) is 0 Å². The van der Waals surface area contributed by atoms with Gasteiger partial charge in [0, 0.05) is 12.1 Å². The molecule has 25 heavy (non-hydrogen) atoms. The minimum Gasteiger partial charge on any atom is -0.351 e. The van der Waals surface area contributed by atoms with Crippen LogP contribution in [0.25, 0.3) is 0 Å². The van der Waals surface area contributed by atoms with Crippen LogP contribution in [0.3, 0.4) is 0 Å². The van der Waals surface area contributed by atoms with Crippen LogP contribution in [-0.2, 0) is 19.1 Å². The topological polar surface area (TPSA) is 76.7 Å². The predicted molar refractivity (Wildman–Crippen MR) is 93.9 cm³/mol. The van der Waals surface area contributed by atoms with E-state index in [4.69, 9.17) is 9.47 Å². The van der Waals surface area contributed by atoms with Crippen LogP contribution in [0, 0.1) is 0 Å². The first-order valence-electron chi connectivity index (χ1n) is 9.91. The van der Waals surface area contributed by atoms with E-state index in [0.717, 1.165) is 51.4 Å². The van der Waals surface area contributed by atoms with Crippen molar-refractivity contribution in [2.75, 3.05) is 0 Å². The number of carbonyl (C=O) groups excluding carboxylic acids is 2. The minimum atomic E-state index is -0.927. The number of hydrogen-bond acceptors (Lipinski definition) is 4. The highest BCUT2D eigenvalue weighted by molar-refractivity contribution is 5.91. The molecule has 0 spiro atoms. The van der Waals surface area contributed by atoms with Crippen molar-refractivity contribution in [1.82, 2.24) is 10.6 Å². The largest absolute Gasteiger partial charge is 0.351 e. The van der Waals surface area contributed by atoms with E-state index in [9.17, 15) is 9.59 Å². The Balaban J connectivity index is 1.60. The number of nitrogens with one attached hydrogen (secondary N) is 2. The van der Waals surface area contributed by atoms with E-state index in [1.807, 2.05) is 0 Å². The summed E-state index contributed by atoms with van der Waals surface area (Å²) in [4.78, 5) is 25.4. The summed E-state index contributed by atoms with van der Waals surface area (Å²) < 4.78 is 11.6. The molecule has 2 unspecified atom stereocenters. The fourth-order valence-corrected chi connectivity index (χ4v) is 4.21. The molecule has 1 saturated heterocycles. The maximum atomic E-state index is 12.7. The van der Waals surface area contributed by atoms with Gasteiger partial charge >= 0.3 is 0 Å². The number of carbonyl (C=O) groups is 2. The van der Waals surface area contributed by atoms with Gasteiger partial charge in [-0.2, -0.15) is 0 Å². The molecule has 3 fully saturated rings. The summed E-state index contributed by atoms with van der Waals surface area (Å²) in [7, 11) is 0. The lowest BCUT2D eigenvalue weighted by molar-refractivity contribution is -0.160. The SMILES string of the molecule is CC1(C)OC(C(=O)NC2CCCCC2)C(C(=O)NC2CCCCC2)O1. The molecule has 6 heteroatoms. The molecule has 3 rings (SSSR count). The molecule has 2 saturated carbocycles. The standard InChI is InChI=1S/C19H32N2O4/c1-19(2)24-15(17(22)20-13-9-5-3-6-10-13)16(25-19)18(23)21-14-11-7-4-8-12-14/h13-16H,3-12H2,1-2H3,(H,20,22)(H,21,23). The van der Waals surface area contributed by atoms with Crippen molar-refractivity contribution in [2.45, 2.75) is 108 Å². The van der Waals surface area contributed by atoms with Gasteiger partial charge in [-0.15, -0.1) is 0 Å². The average molecular weight is 352 g/mol. The monoisotopic (exact) mass is 352 g/mol. The third-order valence-electron chi connectivity index (χ3n) is 5.52. The highest BCUT2D eigenvalue weighted by Gasteiger charge is 2.49. The fourth-order valence-electron chi connectivity index (χ4n) is 4.21. The molecule has 3 aliphatic rings. The van der Waals surface area contributed by atoms with Gasteiger partial charge in [0.05, 0.1) is 0 Å².